The minimum atomic E-state index is 0.476. The lowest BCUT2D eigenvalue weighted by Crippen LogP contribution is -2.05. The number of aromatic nitrogens is 2. The molecule has 2 aromatic carbocycles. The first-order valence-electron chi connectivity index (χ1n) is 12.6. The monoisotopic (exact) mass is 550 g/mol. The number of nitrogens with zero attached hydrogens (tertiary/aromatic N) is 2. The van der Waals surface area contributed by atoms with Crippen molar-refractivity contribution in [2.45, 2.75) is 39.9 Å². The molecule has 2 N–H and O–H groups in total. The molecule has 0 bridgehead atoms. The number of unbranched alkanes of at least 4 members (excludes halogenated alkanes) is 1. The van der Waals surface area contributed by atoms with Crippen LogP contribution in [0.15, 0.2) is 73.1 Å². The van der Waals surface area contributed by atoms with Crippen molar-refractivity contribution >= 4 is 46.2 Å². The van der Waals surface area contributed by atoms with Gasteiger partial charge >= 0.3 is 0 Å². The molecule has 0 saturated carbocycles. The van der Waals surface area contributed by atoms with Gasteiger partial charge in [-0.05, 0) is 74.2 Å². The summed E-state index contributed by atoms with van der Waals surface area (Å²) in [6, 6.07) is 19.4. The Kier molecular flexibility index (Phi) is 10.4. The van der Waals surface area contributed by atoms with Gasteiger partial charge in [-0.3, -0.25) is 0 Å². The predicted molar refractivity (Wildman–Crippen MR) is 156 cm³/mol. The molecule has 0 fully saturated rings. The Hall–Kier alpha value is -3.16. The third kappa shape index (κ3) is 7.68. The fraction of sp³-hybridized carbons (Fsp3) is 0.267. The number of pyridine rings is 2. The standard InChI is InChI=1S/C30H32Cl2N4O2/c1-21-25(31)11-5-13-27(21)35-29-23(9-7-15-33-29)19-37-17-3-4-18-38-20-24-10-8-16-34-30(24)36-28-14-6-12-26(32)22(28)2/h5-16H,3-4,17-20H2,1-2H3,(H,33,35)(H,34,36). The fourth-order valence-electron chi connectivity index (χ4n) is 3.85. The van der Waals surface area contributed by atoms with Crippen LogP contribution in [-0.2, 0) is 22.7 Å². The Morgan fingerprint density at radius 3 is 1.53 bits per heavy atom. The summed E-state index contributed by atoms with van der Waals surface area (Å²) in [5, 5.41) is 8.20. The van der Waals surface area contributed by atoms with Crippen molar-refractivity contribution in [1.82, 2.24) is 9.97 Å². The minimum absolute atomic E-state index is 0.476. The molecule has 4 rings (SSSR count). The number of benzene rings is 2. The molecular formula is C30H32Cl2N4O2. The van der Waals surface area contributed by atoms with Crippen molar-refractivity contribution in [3.8, 4) is 0 Å². The van der Waals surface area contributed by atoms with E-state index in [4.69, 9.17) is 32.7 Å². The van der Waals surface area contributed by atoms with Gasteiger partial charge in [0.25, 0.3) is 0 Å². The first kappa shape index (κ1) is 27.9. The number of rotatable bonds is 13. The van der Waals surface area contributed by atoms with Gasteiger partial charge in [0, 0.05) is 58.2 Å². The molecule has 0 spiro atoms. The molecule has 198 valence electrons. The third-order valence-electron chi connectivity index (χ3n) is 6.17. The highest BCUT2D eigenvalue weighted by atomic mass is 35.5. The summed E-state index contributed by atoms with van der Waals surface area (Å²) in [4.78, 5) is 8.97. The van der Waals surface area contributed by atoms with Gasteiger partial charge in [0.1, 0.15) is 11.6 Å². The lowest BCUT2D eigenvalue weighted by molar-refractivity contribution is 0.0900. The highest BCUT2D eigenvalue weighted by Gasteiger charge is 2.09. The second-order valence-electron chi connectivity index (χ2n) is 8.91. The summed E-state index contributed by atoms with van der Waals surface area (Å²) in [5.74, 6) is 1.55. The summed E-state index contributed by atoms with van der Waals surface area (Å²) in [6.07, 6.45) is 5.33. The van der Waals surface area contributed by atoms with Gasteiger partial charge in [0.15, 0.2) is 0 Å². The Morgan fingerprint density at radius 1 is 0.632 bits per heavy atom. The zero-order valence-corrected chi connectivity index (χ0v) is 23.1. The van der Waals surface area contributed by atoms with E-state index < -0.39 is 0 Å². The van der Waals surface area contributed by atoms with Crippen LogP contribution in [0.4, 0.5) is 23.0 Å². The Labute approximate surface area is 234 Å². The molecule has 2 heterocycles. The molecule has 0 aliphatic rings. The van der Waals surface area contributed by atoms with Gasteiger partial charge in [-0.15, -0.1) is 0 Å². The minimum Gasteiger partial charge on any atom is -0.377 e. The van der Waals surface area contributed by atoms with Crippen LogP contribution in [0.3, 0.4) is 0 Å². The van der Waals surface area contributed by atoms with Crippen molar-refractivity contribution in [2.75, 3.05) is 23.8 Å². The van der Waals surface area contributed by atoms with Crippen LogP contribution < -0.4 is 10.6 Å². The SMILES string of the molecule is Cc1c(Cl)cccc1Nc1ncccc1COCCCCOCc1cccnc1Nc1cccc(Cl)c1C. The molecule has 0 saturated heterocycles. The van der Waals surface area contributed by atoms with E-state index in [0.29, 0.717) is 26.4 Å². The Balaban J connectivity index is 1.18. The van der Waals surface area contributed by atoms with Crippen LogP contribution in [0.1, 0.15) is 35.1 Å². The number of anilines is 4. The van der Waals surface area contributed by atoms with Crippen LogP contribution >= 0.6 is 23.2 Å². The van der Waals surface area contributed by atoms with E-state index >= 15 is 0 Å². The number of halogens is 2. The van der Waals surface area contributed by atoms with Gasteiger partial charge in [-0.25, -0.2) is 9.97 Å². The van der Waals surface area contributed by atoms with Gasteiger partial charge in [0.2, 0.25) is 0 Å². The van der Waals surface area contributed by atoms with Crippen molar-refractivity contribution in [1.29, 1.82) is 0 Å². The van der Waals surface area contributed by atoms with E-state index in [1.54, 1.807) is 12.4 Å². The average Bonchev–Trinajstić information content (AvgIpc) is 2.92. The zero-order chi connectivity index (χ0) is 26.7. The maximum absolute atomic E-state index is 6.25. The highest BCUT2D eigenvalue weighted by Crippen LogP contribution is 2.28. The third-order valence-corrected chi connectivity index (χ3v) is 6.99. The molecule has 0 radical (unpaired) electrons. The molecule has 0 amide bonds. The van der Waals surface area contributed by atoms with Crippen LogP contribution in [0.25, 0.3) is 0 Å². The zero-order valence-electron chi connectivity index (χ0n) is 21.6. The lowest BCUT2D eigenvalue weighted by Gasteiger charge is -2.14. The maximum atomic E-state index is 6.25. The second kappa shape index (κ2) is 14.1. The molecule has 6 nitrogen and oxygen atoms in total. The summed E-state index contributed by atoms with van der Waals surface area (Å²) in [5.41, 5.74) is 5.83. The van der Waals surface area contributed by atoms with E-state index in [9.17, 15) is 0 Å². The van der Waals surface area contributed by atoms with Gasteiger partial charge in [0.05, 0.1) is 13.2 Å². The largest absolute Gasteiger partial charge is 0.377 e. The second-order valence-corrected chi connectivity index (χ2v) is 9.72. The number of hydrogen-bond acceptors (Lipinski definition) is 6. The Morgan fingerprint density at radius 2 is 1.08 bits per heavy atom. The number of ether oxygens (including phenoxy) is 2. The molecule has 0 aliphatic heterocycles. The maximum Gasteiger partial charge on any atom is 0.135 e. The first-order valence-corrected chi connectivity index (χ1v) is 13.4. The van der Waals surface area contributed by atoms with Crippen LogP contribution in [0, 0.1) is 13.8 Å². The quantitative estimate of drug-likeness (QED) is 0.163. The van der Waals surface area contributed by atoms with Crippen LogP contribution in [-0.4, -0.2) is 23.2 Å². The average molecular weight is 552 g/mol. The predicted octanol–water partition coefficient (Wildman–Crippen LogP) is 8.40. The first-order chi connectivity index (χ1) is 18.5. The van der Waals surface area contributed by atoms with Crippen molar-refractivity contribution in [3.63, 3.8) is 0 Å². The summed E-state index contributed by atoms with van der Waals surface area (Å²) in [6.45, 7) is 6.20. The number of nitrogens with one attached hydrogen (secondary N) is 2. The fourth-order valence-corrected chi connectivity index (χ4v) is 4.20. The van der Waals surface area contributed by atoms with E-state index in [1.807, 2.05) is 74.5 Å². The highest BCUT2D eigenvalue weighted by molar-refractivity contribution is 6.32. The molecule has 38 heavy (non-hydrogen) atoms. The van der Waals surface area contributed by atoms with Crippen LogP contribution in [0.5, 0.6) is 0 Å². The Bertz CT molecular complexity index is 1250. The smallest absolute Gasteiger partial charge is 0.135 e. The summed E-state index contributed by atoms with van der Waals surface area (Å²) >= 11 is 12.5. The molecule has 0 atom stereocenters. The molecule has 0 aliphatic carbocycles. The van der Waals surface area contributed by atoms with E-state index in [0.717, 1.165) is 68.2 Å². The van der Waals surface area contributed by atoms with Crippen LogP contribution in [0.2, 0.25) is 10.0 Å². The summed E-state index contributed by atoms with van der Waals surface area (Å²) in [7, 11) is 0. The molecule has 2 aromatic heterocycles. The van der Waals surface area contributed by atoms with Gasteiger partial charge in [-0.1, -0.05) is 47.5 Å². The van der Waals surface area contributed by atoms with Crippen molar-refractivity contribution in [3.05, 3.63) is 105 Å². The molecule has 4 aromatic rings. The number of hydrogen-bond donors (Lipinski definition) is 2. The van der Waals surface area contributed by atoms with Crippen molar-refractivity contribution in [2.24, 2.45) is 0 Å². The van der Waals surface area contributed by atoms with Gasteiger partial charge < -0.3 is 20.1 Å². The van der Waals surface area contributed by atoms with E-state index in [-0.39, 0.29) is 0 Å². The van der Waals surface area contributed by atoms with E-state index in [2.05, 4.69) is 20.6 Å². The van der Waals surface area contributed by atoms with E-state index in [1.165, 1.54) is 0 Å². The lowest BCUT2D eigenvalue weighted by atomic mass is 10.2. The van der Waals surface area contributed by atoms with Crippen molar-refractivity contribution < 1.29 is 9.47 Å². The normalized spacial score (nSPS) is 10.9. The summed E-state index contributed by atoms with van der Waals surface area (Å²) < 4.78 is 11.9. The topological polar surface area (TPSA) is 68.3 Å². The molecule has 8 heteroatoms. The van der Waals surface area contributed by atoms with Gasteiger partial charge in [-0.2, -0.15) is 0 Å². The molecular weight excluding hydrogens is 519 g/mol. The molecule has 0 unspecified atom stereocenters.